The highest BCUT2D eigenvalue weighted by molar-refractivity contribution is 5.92. The average Bonchev–Trinajstić information content (AvgIpc) is 2.97. The van der Waals surface area contributed by atoms with Crippen LogP contribution in [0.2, 0.25) is 0 Å². The maximum absolute atomic E-state index is 12.3. The van der Waals surface area contributed by atoms with E-state index in [1.165, 1.54) is 30.4 Å². The van der Waals surface area contributed by atoms with Gasteiger partial charge in [0, 0.05) is 23.9 Å². The van der Waals surface area contributed by atoms with Crippen LogP contribution in [0.4, 0.5) is 11.4 Å². The predicted molar refractivity (Wildman–Crippen MR) is 158 cm³/mol. The lowest BCUT2D eigenvalue weighted by molar-refractivity contribution is -0.134. The maximum atomic E-state index is 12.3. The second-order valence-corrected chi connectivity index (χ2v) is 9.29. The first kappa shape index (κ1) is 31.4. The van der Waals surface area contributed by atoms with E-state index in [0.29, 0.717) is 34.9 Å². The summed E-state index contributed by atoms with van der Waals surface area (Å²) >= 11 is 0. The van der Waals surface area contributed by atoms with Crippen LogP contribution >= 0.6 is 0 Å². The first-order chi connectivity index (χ1) is 20.2. The highest BCUT2D eigenvalue weighted by Gasteiger charge is 2.11. The van der Waals surface area contributed by atoms with Crippen molar-refractivity contribution in [1.82, 2.24) is 0 Å². The molecule has 0 aliphatic carbocycles. The minimum atomic E-state index is -0.634. The number of anilines is 2. The second-order valence-electron chi connectivity index (χ2n) is 9.29. The van der Waals surface area contributed by atoms with Crippen molar-refractivity contribution in [1.29, 1.82) is 0 Å². The number of benzene rings is 3. The van der Waals surface area contributed by atoms with Crippen molar-refractivity contribution >= 4 is 41.3 Å². The van der Waals surface area contributed by atoms with Gasteiger partial charge in [0.15, 0.2) is 0 Å². The first-order valence-corrected chi connectivity index (χ1v) is 13.5. The Morgan fingerprint density at radius 2 is 1.26 bits per heavy atom. The molecule has 42 heavy (non-hydrogen) atoms. The molecule has 4 N–H and O–H groups in total. The fourth-order valence-electron chi connectivity index (χ4n) is 3.73. The number of nitrogen functional groups attached to an aromatic ring is 2. The van der Waals surface area contributed by atoms with Crippen molar-refractivity contribution < 1.29 is 38.1 Å². The lowest BCUT2D eigenvalue weighted by Crippen LogP contribution is -2.14. The van der Waals surface area contributed by atoms with E-state index in [9.17, 15) is 19.2 Å². The van der Waals surface area contributed by atoms with E-state index in [1.54, 1.807) is 48.5 Å². The third-order valence-corrected chi connectivity index (χ3v) is 5.83. The highest BCUT2D eigenvalue weighted by Crippen LogP contribution is 2.19. The van der Waals surface area contributed by atoms with E-state index in [2.05, 4.69) is 6.92 Å². The molecule has 0 unspecified atom stereocenters. The fraction of sp³-hybridized carbons (Fsp3) is 0.250. The summed E-state index contributed by atoms with van der Waals surface area (Å²) in [5.74, 6) is -1.44. The summed E-state index contributed by atoms with van der Waals surface area (Å²) in [6.07, 6.45) is 7.13. The lowest BCUT2D eigenvalue weighted by atomic mass is 10.1. The summed E-state index contributed by atoms with van der Waals surface area (Å²) in [6, 6.07) is 17.0. The Hall–Kier alpha value is -5.12. The number of carbonyl (C=O) groups is 4. The predicted octanol–water partition coefficient (Wildman–Crippen LogP) is 5.36. The van der Waals surface area contributed by atoms with Gasteiger partial charge in [0.2, 0.25) is 0 Å². The smallest absolute Gasteiger partial charge is 0.338 e. The molecule has 0 aromatic heterocycles. The average molecular weight is 575 g/mol. The number of nitrogens with two attached hydrogens (primary N) is 2. The minimum absolute atomic E-state index is 0.141. The monoisotopic (exact) mass is 574 g/mol. The van der Waals surface area contributed by atoms with Gasteiger partial charge in [-0.2, -0.15) is 0 Å². The second kappa shape index (κ2) is 16.2. The van der Waals surface area contributed by atoms with Crippen LogP contribution in [0.15, 0.2) is 72.8 Å². The number of rotatable bonds is 14. The zero-order valence-electron chi connectivity index (χ0n) is 23.4. The van der Waals surface area contributed by atoms with Crippen molar-refractivity contribution in [3.63, 3.8) is 0 Å². The molecule has 10 heteroatoms. The molecule has 0 atom stereocenters. The number of hydrogen-bond acceptors (Lipinski definition) is 10. The normalized spacial score (nSPS) is 10.7. The van der Waals surface area contributed by atoms with Gasteiger partial charge < -0.3 is 30.4 Å². The van der Waals surface area contributed by atoms with Crippen molar-refractivity contribution in [3.05, 3.63) is 89.5 Å². The van der Waals surface area contributed by atoms with E-state index in [1.807, 2.05) is 0 Å². The summed E-state index contributed by atoms with van der Waals surface area (Å²) < 4.78 is 20.8. The van der Waals surface area contributed by atoms with Gasteiger partial charge in [-0.05, 0) is 72.7 Å². The van der Waals surface area contributed by atoms with Crippen LogP contribution in [0, 0.1) is 0 Å². The van der Waals surface area contributed by atoms with E-state index >= 15 is 0 Å². The van der Waals surface area contributed by atoms with Crippen LogP contribution in [0.1, 0.15) is 65.3 Å². The Morgan fingerprint density at radius 1 is 0.690 bits per heavy atom. The Kier molecular flexibility index (Phi) is 12.1. The molecule has 3 rings (SSSR count). The van der Waals surface area contributed by atoms with Gasteiger partial charge >= 0.3 is 23.9 Å². The Labute approximate surface area is 244 Å². The van der Waals surface area contributed by atoms with Gasteiger partial charge in [0.05, 0.1) is 11.1 Å². The SMILES string of the molecule is CCCCCCC(=O)Oc1ccc(OC(=O)C=Cc2ccc(C(=O)OCCOC(=O)c3cc(N)cc(N)c3)cc2)cc1. The number of hydrogen-bond donors (Lipinski definition) is 2. The summed E-state index contributed by atoms with van der Waals surface area (Å²) in [5.41, 5.74) is 13.1. The molecular formula is C32H34N2O8. The van der Waals surface area contributed by atoms with Crippen LogP contribution < -0.4 is 20.9 Å². The molecule has 3 aromatic carbocycles. The molecule has 3 aromatic rings. The van der Waals surface area contributed by atoms with E-state index in [0.717, 1.165) is 25.7 Å². The van der Waals surface area contributed by atoms with Crippen molar-refractivity contribution in [2.75, 3.05) is 24.7 Å². The van der Waals surface area contributed by atoms with E-state index < -0.39 is 17.9 Å². The number of carbonyl (C=O) groups excluding carboxylic acids is 4. The molecule has 0 saturated carbocycles. The van der Waals surface area contributed by atoms with E-state index in [-0.39, 0.29) is 30.3 Å². The maximum Gasteiger partial charge on any atom is 0.338 e. The lowest BCUT2D eigenvalue weighted by Gasteiger charge is -2.08. The molecule has 0 aliphatic heterocycles. The summed E-state index contributed by atoms with van der Waals surface area (Å²) in [4.78, 5) is 48.4. The summed E-state index contributed by atoms with van der Waals surface area (Å²) in [6.45, 7) is 1.82. The van der Waals surface area contributed by atoms with Gasteiger partial charge in [-0.3, -0.25) is 4.79 Å². The van der Waals surface area contributed by atoms with Gasteiger partial charge in [-0.1, -0.05) is 38.3 Å². The number of ether oxygens (including phenoxy) is 4. The molecule has 0 radical (unpaired) electrons. The Balaban J connectivity index is 1.38. The van der Waals surface area contributed by atoms with Gasteiger partial charge in [0.25, 0.3) is 0 Å². The molecule has 10 nitrogen and oxygen atoms in total. The first-order valence-electron chi connectivity index (χ1n) is 13.5. The molecule has 0 heterocycles. The van der Waals surface area contributed by atoms with Gasteiger partial charge in [-0.25, -0.2) is 14.4 Å². The van der Waals surface area contributed by atoms with Crippen molar-refractivity contribution in [2.45, 2.75) is 39.0 Å². The molecule has 0 fully saturated rings. The topological polar surface area (TPSA) is 157 Å². The standard InChI is InChI=1S/C32H34N2O8/c1-2-3-4-5-6-29(35)41-27-12-14-28(15-13-27)42-30(36)16-9-22-7-10-23(11-8-22)31(37)39-17-18-40-32(38)24-19-25(33)21-26(34)20-24/h7-16,19-21H,2-6,17-18,33-34H2,1H3. The van der Waals surface area contributed by atoms with Gasteiger partial charge in [-0.15, -0.1) is 0 Å². The number of esters is 4. The molecule has 0 aliphatic rings. The van der Waals surface area contributed by atoms with E-state index in [4.69, 9.17) is 30.4 Å². The molecule has 0 spiro atoms. The van der Waals surface area contributed by atoms with Crippen LogP contribution in [0.25, 0.3) is 6.08 Å². The highest BCUT2D eigenvalue weighted by atomic mass is 16.6. The summed E-state index contributed by atoms with van der Waals surface area (Å²) in [7, 11) is 0. The molecule has 0 saturated heterocycles. The molecule has 0 bridgehead atoms. The van der Waals surface area contributed by atoms with Crippen LogP contribution in [-0.2, 0) is 19.1 Å². The zero-order valence-corrected chi connectivity index (χ0v) is 23.4. The van der Waals surface area contributed by atoms with Crippen molar-refractivity contribution in [3.8, 4) is 11.5 Å². The zero-order chi connectivity index (χ0) is 30.3. The van der Waals surface area contributed by atoms with Crippen molar-refractivity contribution in [2.24, 2.45) is 0 Å². The Bertz CT molecular complexity index is 1380. The third kappa shape index (κ3) is 10.8. The summed E-state index contributed by atoms with van der Waals surface area (Å²) in [5, 5.41) is 0. The van der Waals surface area contributed by atoms with Gasteiger partial charge in [0.1, 0.15) is 24.7 Å². The minimum Gasteiger partial charge on any atom is -0.458 e. The van der Waals surface area contributed by atoms with Crippen LogP contribution in [-0.4, -0.2) is 37.1 Å². The molecule has 0 amide bonds. The molecule has 220 valence electrons. The largest absolute Gasteiger partial charge is 0.458 e. The molecular weight excluding hydrogens is 540 g/mol. The van der Waals surface area contributed by atoms with Crippen LogP contribution in [0.5, 0.6) is 11.5 Å². The quantitative estimate of drug-likeness (QED) is 0.0844. The number of unbranched alkanes of at least 4 members (excludes halogenated alkanes) is 3. The fourth-order valence-corrected chi connectivity index (χ4v) is 3.73. The Morgan fingerprint density at radius 3 is 1.86 bits per heavy atom. The van der Waals surface area contributed by atoms with Crippen LogP contribution in [0.3, 0.4) is 0 Å². The third-order valence-electron chi connectivity index (χ3n) is 5.83.